The Labute approximate surface area is 126 Å². The van der Waals surface area contributed by atoms with Crippen molar-refractivity contribution in [2.24, 2.45) is 10.2 Å². The van der Waals surface area contributed by atoms with Crippen molar-refractivity contribution in [3.63, 3.8) is 0 Å². The fourth-order valence-electron chi connectivity index (χ4n) is 2.16. The van der Waals surface area contributed by atoms with Crippen molar-refractivity contribution in [2.75, 3.05) is 12.4 Å². The Morgan fingerprint density at radius 1 is 1.18 bits per heavy atom. The highest BCUT2D eigenvalue weighted by Crippen LogP contribution is 2.28. The van der Waals surface area contributed by atoms with Crippen LogP contribution in [0.1, 0.15) is 11.1 Å². The van der Waals surface area contributed by atoms with E-state index in [2.05, 4.69) is 15.5 Å². The summed E-state index contributed by atoms with van der Waals surface area (Å²) in [6, 6.07) is 12.3. The number of nitrogens with zero attached hydrogens (tertiary/aromatic N) is 2. The van der Waals surface area contributed by atoms with Crippen LogP contribution in [0.3, 0.4) is 0 Å². The van der Waals surface area contributed by atoms with Crippen LogP contribution in [-0.2, 0) is 4.79 Å². The molecule has 2 aromatic carbocycles. The smallest absolute Gasteiger partial charge is 0.276 e. The van der Waals surface area contributed by atoms with Crippen LogP contribution in [0.2, 0.25) is 0 Å². The number of benzene rings is 2. The van der Waals surface area contributed by atoms with Gasteiger partial charge in [0.1, 0.15) is 0 Å². The molecule has 6 heteroatoms. The highest BCUT2D eigenvalue weighted by atomic mass is 16.5. The van der Waals surface area contributed by atoms with Crippen molar-refractivity contribution < 1.29 is 14.6 Å². The minimum Gasteiger partial charge on any atom is -0.504 e. The van der Waals surface area contributed by atoms with Crippen molar-refractivity contribution in [3.8, 4) is 11.5 Å². The van der Waals surface area contributed by atoms with Crippen LogP contribution in [0.25, 0.3) is 0 Å². The molecule has 2 aromatic rings. The lowest BCUT2D eigenvalue weighted by atomic mass is 10.1. The van der Waals surface area contributed by atoms with Gasteiger partial charge < -0.3 is 15.2 Å². The monoisotopic (exact) mass is 295 g/mol. The van der Waals surface area contributed by atoms with Crippen molar-refractivity contribution >= 4 is 23.5 Å². The van der Waals surface area contributed by atoms with Crippen LogP contribution in [0.5, 0.6) is 11.5 Å². The number of hydrogen-bond donors (Lipinski definition) is 2. The molecule has 0 saturated carbocycles. The summed E-state index contributed by atoms with van der Waals surface area (Å²) in [5, 5.41) is 20.5. The molecule has 0 saturated heterocycles. The maximum absolute atomic E-state index is 11.9. The number of methoxy groups -OCH3 is 1. The molecule has 0 radical (unpaired) electrons. The number of aromatic hydroxyl groups is 1. The molecule has 1 aliphatic heterocycles. The third kappa shape index (κ3) is 2.42. The maximum Gasteiger partial charge on any atom is 0.276 e. The molecule has 1 aliphatic rings. The Balaban J connectivity index is 1.90. The normalized spacial score (nSPS) is 15.1. The second kappa shape index (κ2) is 5.69. The summed E-state index contributed by atoms with van der Waals surface area (Å²) < 4.78 is 5.02. The van der Waals surface area contributed by atoms with E-state index >= 15 is 0 Å². The first kappa shape index (κ1) is 13.8. The Kier molecular flexibility index (Phi) is 3.57. The quantitative estimate of drug-likeness (QED) is 0.672. The number of ether oxygens (including phenoxy) is 1. The number of hydrogen-bond acceptors (Lipinski definition) is 5. The molecule has 0 unspecified atom stereocenters. The molecular weight excluding hydrogens is 282 g/mol. The molecule has 0 aliphatic carbocycles. The van der Waals surface area contributed by atoms with E-state index in [1.807, 2.05) is 12.1 Å². The zero-order valence-corrected chi connectivity index (χ0v) is 11.8. The van der Waals surface area contributed by atoms with Crippen molar-refractivity contribution in [1.82, 2.24) is 0 Å². The molecule has 1 amide bonds. The molecule has 0 aromatic heterocycles. The molecule has 22 heavy (non-hydrogen) atoms. The Bertz CT molecular complexity index is 797. The van der Waals surface area contributed by atoms with E-state index in [0.29, 0.717) is 22.6 Å². The SMILES string of the molecule is COc1cccc(/C=N\N=C2/C(=O)Nc3ccccc32)c1O. The van der Waals surface area contributed by atoms with E-state index in [-0.39, 0.29) is 17.4 Å². The van der Waals surface area contributed by atoms with Crippen molar-refractivity contribution in [1.29, 1.82) is 0 Å². The highest BCUT2D eigenvalue weighted by Gasteiger charge is 2.25. The lowest BCUT2D eigenvalue weighted by Crippen LogP contribution is -2.13. The average Bonchev–Trinajstić information content (AvgIpc) is 2.85. The number of carbonyl (C=O) groups excluding carboxylic acids is 1. The summed E-state index contributed by atoms with van der Waals surface area (Å²) in [6.45, 7) is 0. The number of phenolic OH excluding ortho intramolecular Hbond substituents is 1. The summed E-state index contributed by atoms with van der Waals surface area (Å²) in [5.74, 6) is 0.0268. The Morgan fingerprint density at radius 3 is 2.82 bits per heavy atom. The number of carbonyl (C=O) groups is 1. The minimum absolute atomic E-state index is 0.0229. The average molecular weight is 295 g/mol. The minimum atomic E-state index is -0.298. The summed E-state index contributed by atoms with van der Waals surface area (Å²) in [4.78, 5) is 11.9. The summed E-state index contributed by atoms with van der Waals surface area (Å²) in [6.07, 6.45) is 1.37. The number of phenols is 1. The number of para-hydroxylation sites is 2. The van der Waals surface area contributed by atoms with Gasteiger partial charge in [0.05, 0.1) is 19.0 Å². The Hall–Kier alpha value is -3.15. The number of amides is 1. The van der Waals surface area contributed by atoms with Gasteiger partial charge in [0, 0.05) is 11.1 Å². The molecule has 0 atom stereocenters. The number of nitrogens with one attached hydrogen (secondary N) is 1. The van der Waals surface area contributed by atoms with Gasteiger partial charge in [-0.1, -0.05) is 24.3 Å². The third-order valence-corrected chi connectivity index (χ3v) is 3.25. The standard InChI is InChI=1S/C16H13N3O3/c1-22-13-8-4-5-10(15(13)20)9-17-19-14-11-6-2-3-7-12(11)18-16(14)21/h2-9,20H,1H3,(H,18,19,21)/b17-9-. The molecule has 0 spiro atoms. The Morgan fingerprint density at radius 2 is 2.00 bits per heavy atom. The summed E-state index contributed by atoms with van der Waals surface area (Å²) in [7, 11) is 1.47. The van der Waals surface area contributed by atoms with Crippen LogP contribution in [-0.4, -0.2) is 30.0 Å². The maximum atomic E-state index is 11.9. The van der Waals surface area contributed by atoms with Crippen LogP contribution >= 0.6 is 0 Å². The van der Waals surface area contributed by atoms with Crippen LogP contribution < -0.4 is 10.1 Å². The van der Waals surface area contributed by atoms with Gasteiger partial charge in [-0.05, 0) is 18.2 Å². The topological polar surface area (TPSA) is 83.3 Å². The molecule has 1 heterocycles. The summed E-state index contributed by atoms with van der Waals surface area (Å²) in [5.41, 5.74) is 2.12. The number of anilines is 1. The largest absolute Gasteiger partial charge is 0.504 e. The zero-order valence-electron chi connectivity index (χ0n) is 11.8. The highest BCUT2D eigenvalue weighted by molar-refractivity contribution is 6.53. The predicted octanol–water partition coefficient (Wildman–Crippen LogP) is 2.18. The van der Waals surface area contributed by atoms with E-state index in [0.717, 1.165) is 0 Å². The van der Waals surface area contributed by atoms with Crippen molar-refractivity contribution in [3.05, 3.63) is 53.6 Å². The van der Waals surface area contributed by atoms with Gasteiger partial charge in [-0.3, -0.25) is 4.79 Å². The molecule has 0 bridgehead atoms. The second-order valence-corrected chi connectivity index (χ2v) is 4.59. The van der Waals surface area contributed by atoms with Crippen LogP contribution in [0.15, 0.2) is 52.7 Å². The first-order valence-electron chi connectivity index (χ1n) is 6.58. The molecule has 3 rings (SSSR count). The predicted molar refractivity (Wildman–Crippen MR) is 83.9 cm³/mol. The van der Waals surface area contributed by atoms with E-state index in [1.54, 1.807) is 30.3 Å². The lowest BCUT2D eigenvalue weighted by Gasteiger charge is -2.04. The van der Waals surface area contributed by atoms with Gasteiger partial charge in [0.2, 0.25) is 0 Å². The van der Waals surface area contributed by atoms with Gasteiger partial charge in [0.25, 0.3) is 5.91 Å². The van der Waals surface area contributed by atoms with E-state index in [9.17, 15) is 9.90 Å². The lowest BCUT2D eigenvalue weighted by molar-refractivity contribution is -0.110. The van der Waals surface area contributed by atoms with Crippen LogP contribution in [0.4, 0.5) is 5.69 Å². The number of rotatable bonds is 3. The molecule has 2 N–H and O–H groups in total. The van der Waals surface area contributed by atoms with Gasteiger partial charge in [-0.15, -0.1) is 5.10 Å². The third-order valence-electron chi connectivity index (χ3n) is 3.25. The van der Waals surface area contributed by atoms with Gasteiger partial charge in [0.15, 0.2) is 17.2 Å². The first-order chi connectivity index (χ1) is 10.7. The molecular formula is C16H13N3O3. The van der Waals surface area contributed by atoms with Gasteiger partial charge in [-0.2, -0.15) is 5.10 Å². The molecule has 6 nitrogen and oxygen atoms in total. The van der Waals surface area contributed by atoms with E-state index in [1.165, 1.54) is 13.3 Å². The molecule has 110 valence electrons. The summed E-state index contributed by atoms with van der Waals surface area (Å²) >= 11 is 0. The van der Waals surface area contributed by atoms with E-state index < -0.39 is 0 Å². The number of fused-ring (bicyclic) bond motifs is 1. The first-order valence-corrected chi connectivity index (χ1v) is 6.58. The van der Waals surface area contributed by atoms with Crippen molar-refractivity contribution in [2.45, 2.75) is 0 Å². The van der Waals surface area contributed by atoms with Gasteiger partial charge in [-0.25, -0.2) is 0 Å². The molecule has 0 fully saturated rings. The fourth-order valence-corrected chi connectivity index (χ4v) is 2.16. The zero-order chi connectivity index (χ0) is 15.5. The van der Waals surface area contributed by atoms with Gasteiger partial charge >= 0.3 is 0 Å². The van der Waals surface area contributed by atoms with E-state index in [4.69, 9.17) is 4.74 Å². The fraction of sp³-hybridized carbons (Fsp3) is 0.0625. The van der Waals surface area contributed by atoms with Crippen LogP contribution in [0, 0.1) is 0 Å². The second-order valence-electron chi connectivity index (χ2n) is 4.59.